The third kappa shape index (κ3) is 8.70. The molecule has 10 heteroatoms. The molecule has 4 nitrogen and oxygen atoms in total. The highest BCUT2D eigenvalue weighted by Crippen LogP contribution is 2.38. The quantitative estimate of drug-likeness (QED) is 0.256. The summed E-state index contributed by atoms with van der Waals surface area (Å²) in [5, 5.41) is 9.80. The van der Waals surface area contributed by atoms with Crippen LogP contribution in [-0.4, -0.2) is 31.1 Å². The second kappa shape index (κ2) is 13.6. The van der Waals surface area contributed by atoms with Crippen LogP contribution in [0.3, 0.4) is 0 Å². The van der Waals surface area contributed by atoms with Gasteiger partial charge in [-0.3, -0.25) is 4.79 Å². The maximum absolute atomic E-state index is 13.4. The van der Waals surface area contributed by atoms with Crippen LogP contribution in [0.5, 0.6) is 0 Å². The molecule has 0 spiro atoms. The molecule has 1 aliphatic carbocycles. The van der Waals surface area contributed by atoms with Crippen molar-refractivity contribution in [1.29, 1.82) is 0 Å². The van der Waals surface area contributed by atoms with E-state index in [0.717, 1.165) is 57.2 Å². The topological polar surface area (TPSA) is 53.2 Å². The number of unbranched alkanes of at least 4 members (excludes halogenated alkanes) is 1. The highest BCUT2D eigenvalue weighted by molar-refractivity contribution is 5.82. The molecule has 1 saturated carbocycles. The minimum atomic E-state index is -4.87. The van der Waals surface area contributed by atoms with Crippen molar-refractivity contribution >= 4 is 5.91 Å². The van der Waals surface area contributed by atoms with Crippen LogP contribution in [0.25, 0.3) is 0 Å². The van der Waals surface area contributed by atoms with E-state index in [-0.39, 0.29) is 35.5 Å². The molecule has 2 aromatic carbocycles. The molecule has 1 amide bonds. The van der Waals surface area contributed by atoms with Crippen LogP contribution >= 0.6 is 0 Å². The lowest BCUT2D eigenvalue weighted by Gasteiger charge is -2.31. The van der Waals surface area contributed by atoms with Gasteiger partial charge in [0.2, 0.25) is 5.91 Å². The maximum atomic E-state index is 13.4. The van der Waals surface area contributed by atoms with E-state index in [9.17, 15) is 31.1 Å². The largest absolute Gasteiger partial charge is 0.416 e. The second-order valence-corrected chi connectivity index (χ2v) is 11.5. The van der Waals surface area contributed by atoms with Crippen molar-refractivity contribution < 1.29 is 31.1 Å². The second-order valence-electron chi connectivity index (χ2n) is 11.5. The molecule has 4 rings (SSSR count). The number of benzene rings is 2. The van der Waals surface area contributed by atoms with Gasteiger partial charge in [-0.2, -0.15) is 26.3 Å². The summed E-state index contributed by atoms with van der Waals surface area (Å²) in [4.78, 5) is 12.9. The number of hydrogen-bond acceptors (Lipinski definition) is 3. The Morgan fingerprint density at radius 1 is 0.951 bits per heavy atom. The summed E-state index contributed by atoms with van der Waals surface area (Å²) in [7, 11) is 0. The fourth-order valence-corrected chi connectivity index (χ4v) is 6.01. The Hall–Kier alpha value is -2.59. The van der Waals surface area contributed by atoms with E-state index < -0.39 is 29.5 Å². The Morgan fingerprint density at radius 3 is 2.17 bits per heavy atom. The van der Waals surface area contributed by atoms with Gasteiger partial charge in [0.1, 0.15) is 0 Å². The van der Waals surface area contributed by atoms with Crippen molar-refractivity contribution in [3.8, 4) is 0 Å². The summed E-state index contributed by atoms with van der Waals surface area (Å²) in [6.45, 7) is 3.19. The van der Waals surface area contributed by atoms with Crippen molar-refractivity contribution in [3.63, 3.8) is 0 Å². The summed E-state index contributed by atoms with van der Waals surface area (Å²) in [5.74, 6) is 0.542. The van der Waals surface area contributed by atoms with Gasteiger partial charge in [-0.25, -0.2) is 0 Å². The van der Waals surface area contributed by atoms with E-state index in [2.05, 4.69) is 28.1 Å². The Bertz CT molecular complexity index is 1100. The normalized spacial score (nSPS) is 24.3. The molecule has 2 fully saturated rings. The van der Waals surface area contributed by atoms with Gasteiger partial charge in [0, 0.05) is 18.6 Å². The molecule has 0 aromatic heterocycles. The average Bonchev–Trinajstić information content (AvgIpc) is 3.44. The minimum Gasteiger partial charge on any atom is -0.352 e. The third-order valence-electron chi connectivity index (χ3n) is 8.42. The molecule has 1 saturated heterocycles. The molecule has 226 valence electrons. The molecule has 41 heavy (non-hydrogen) atoms. The molecule has 1 unspecified atom stereocenters. The molecule has 2 aliphatic rings. The van der Waals surface area contributed by atoms with E-state index in [4.69, 9.17) is 0 Å². The first kappa shape index (κ1) is 31.3. The number of rotatable bonds is 10. The average molecular weight is 584 g/mol. The zero-order valence-corrected chi connectivity index (χ0v) is 23.3. The van der Waals surface area contributed by atoms with E-state index >= 15 is 0 Å². The van der Waals surface area contributed by atoms with Crippen LogP contribution in [0.2, 0.25) is 0 Å². The number of nitrogens with one attached hydrogen (secondary N) is 3. The van der Waals surface area contributed by atoms with Crippen LogP contribution in [-0.2, 0) is 17.1 Å². The summed E-state index contributed by atoms with van der Waals surface area (Å²) in [5.41, 5.74) is -1.33. The van der Waals surface area contributed by atoms with E-state index in [1.807, 2.05) is 25.1 Å². The van der Waals surface area contributed by atoms with Crippen molar-refractivity contribution in [3.05, 3.63) is 70.8 Å². The van der Waals surface area contributed by atoms with Gasteiger partial charge in [-0.05, 0) is 86.2 Å². The first-order valence-electron chi connectivity index (χ1n) is 14.6. The lowest BCUT2D eigenvalue weighted by molar-refractivity contribution is -0.143. The van der Waals surface area contributed by atoms with Crippen LogP contribution in [0, 0.1) is 5.92 Å². The van der Waals surface area contributed by atoms with Gasteiger partial charge < -0.3 is 16.0 Å². The monoisotopic (exact) mass is 583 g/mol. The van der Waals surface area contributed by atoms with Gasteiger partial charge in [-0.1, -0.05) is 50.1 Å². The standard InChI is InChI=1S/C31H39F6N3O/c1-2-3-9-27(22-14-24(30(32,33)34)17-25(15-22)31(35,36)37)38-18-20-10-12-26(13-11-20)40-29(41)28-16-23(19-39-28)21-7-5-4-6-8-21/h4-8,14-15,17,20,23,26-28,38-39H,2-3,9-13,16,18-19H2,1H3,(H,40,41)/t20?,23-,26?,27?,28+/m1/s1. The molecule has 3 N–H and O–H groups in total. The molecule has 3 atom stereocenters. The number of halogens is 6. The smallest absolute Gasteiger partial charge is 0.352 e. The van der Waals surface area contributed by atoms with Gasteiger partial charge in [0.05, 0.1) is 17.2 Å². The highest BCUT2D eigenvalue weighted by Gasteiger charge is 2.38. The summed E-state index contributed by atoms with van der Waals surface area (Å²) < 4.78 is 80.6. The van der Waals surface area contributed by atoms with E-state index in [1.54, 1.807) is 0 Å². The zero-order valence-electron chi connectivity index (χ0n) is 23.3. The molecule has 0 radical (unpaired) electrons. The number of amides is 1. The van der Waals surface area contributed by atoms with Crippen molar-refractivity contribution in [1.82, 2.24) is 16.0 Å². The third-order valence-corrected chi connectivity index (χ3v) is 8.42. The molecule has 0 bridgehead atoms. The highest BCUT2D eigenvalue weighted by atomic mass is 19.4. The van der Waals surface area contributed by atoms with Gasteiger partial charge in [0.15, 0.2) is 0 Å². The molecular weight excluding hydrogens is 544 g/mol. The van der Waals surface area contributed by atoms with Gasteiger partial charge >= 0.3 is 12.4 Å². The number of carbonyl (C=O) groups is 1. The fraction of sp³-hybridized carbons (Fsp3) is 0.581. The zero-order chi connectivity index (χ0) is 29.6. The van der Waals surface area contributed by atoms with E-state index in [1.165, 1.54) is 5.56 Å². The van der Waals surface area contributed by atoms with Crippen LogP contribution in [0.4, 0.5) is 26.3 Å². The molecule has 1 heterocycles. The lowest BCUT2D eigenvalue weighted by Crippen LogP contribution is -2.46. The Labute approximate surface area is 237 Å². The number of hydrogen-bond donors (Lipinski definition) is 3. The first-order chi connectivity index (χ1) is 19.4. The molecule has 1 aliphatic heterocycles. The van der Waals surface area contributed by atoms with Crippen molar-refractivity contribution in [2.24, 2.45) is 5.92 Å². The Kier molecular flexibility index (Phi) is 10.4. The van der Waals surface area contributed by atoms with Gasteiger partial charge in [-0.15, -0.1) is 0 Å². The Balaban J connectivity index is 1.30. The Morgan fingerprint density at radius 2 is 1.59 bits per heavy atom. The summed E-state index contributed by atoms with van der Waals surface area (Å²) >= 11 is 0. The molecular formula is C31H39F6N3O. The van der Waals surface area contributed by atoms with Crippen LogP contribution in [0.15, 0.2) is 48.5 Å². The summed E-state index contributed by atoms with van der Waals surface area (Å²) in [6, 6.07) is 11.2. The lowest BCUT2D eigenvalue weighted by atomic mass is 9.85. The number of carbonyl (C=O) groups excluding carboxylic acids is 1. The maximum Gasteiger partial charge on any atom is 0.416 e. The van der Waals surface area contributed by atoms with E-state index in [0.29, 0.717) is 25.3 Å². The van der Waals surface area contributed by atoms with Crippen molar-refractivity contribution in [2.75, 3.05) is 13.1 Å². The van der Waals surface area contributed by atoms with Crippen LogP contribution < -0.4 is 16.0 Å². The number of alkyl halides is 6. The SMILES string of the molecule is CCCCC(NCC1CCC(NC(=O)[C@@H]2C[C@@H](c3ccccc3)CN2)CC1)c1cc(C(F)(F)F)cc(C(F)(F)F)c1. The molecule has 2 aromatic rings. The first-order valence-corrected chi connectivity index (χ1v) is 14.6. The predicted molar refractivity (Wildman–Crippen MR) is 146 cm³/mol. The fourth-order valence-electron chi connectivity index (χ4n) is 6.01. The van der Waals surface area contributed by atoms with Crippen LogP contribution in [0.1, 0.15) is 92.5 Å². The minimum absolute atomic E-state index is 0.00894. The predicted octanol–water partition coefficient (Wildman–Crippen LogP) is 7.37. The van der Waals surface area contributed by atoms with Gasteiger partial charge in [0.25, 0.3) is 0 Å². The summed E-state index contributed by atoms with van der Waals surface area (Å²) in [6.07, 6.45) is -3.89. The van der Waals surface area contributed by atoms with Crippen molar-refractivity contribution in [2.45, 2.75) is 94.7 Å².